The molecule has 20 heavy (non-hydrogen) atoms. The van der Waals surface area contributed by atoms with Crippen LogP contribution >= 0.6 is 0 Å². The maximum atomic E-state index is 12.0. The van der Waals surface area contributed by atoms with E-state index in [1.54, 1.807) is 12.1 Å². The number of halogens is 3. The van der Waals surface area contributed by atoms with Gasteiger partial charge in [-0.25, -0.2) is 0 Å². The standard InChI is InChI=1S/C13H14F3NO3/c14-13(15,16)20-11-3-1-10(2-4-11)17-7-5-9(6-8-17)12(18)19/h1-4,9H,5-8H2,(H,18,19). The lowest BCUT2D eigenvalue weighted by molar-refractivity contribution is -0.274. The molecular weight excluding hydrogens is 275 g/mol. The molecule has 1 aliphatic heterocycles. The van der Waals surface area contributed by atoms with Gasteiger partial charge in [0, 0.05) is 18.8 Å². The van der Waals surface area contributed by atoms with Crippen molar-refractivity contribution < 1.29 is 27.8 Å². The fourth-order valence-electron chi connectivity index (χ4n) is 2.24. The van der Waals surface area contributed by atoms with E-state index in [9.17, 15) is 18.0 Å². The lowest BCUT2D eigenvalue weighted by Gasteiger charge is -2.32. The molecule has 4 nitrogen and oxygen atoms in total. The van der Waals surface area contributed by atoms with E-state index in [1.807, 2.05) is 4.90 Å². The number of aliphatic carboxylic acids is 1. The first-order chi connectivity index (χ1) is 9.35. The number of carboxylic acids is 1. The molecule has 1 saturated heterocycles. The van der Waals surface area contributed by atoms with Crippen LogP contribution in [-0.2, 0) is 4.79 Å². The second-order valence-corrected chi connectivity index (χ2v) is 4.64. The number of anilines is 1. The molecule has 110 valence electrons. The monoisotopic (exact) mass is 289 g/mol. The Hall–Kier alpha value is -1.92. The molecule has 7 heteroatoms. The topological polar surface area (TPSA) is 49.8 Å². The zero-order chi connectivity index (χ0) is 14.8. The zero-order valence-corrected chi connectivity index (χ0v) is 10.6. The highest BCUT2D eigenvalue weighted by Gasteiger charge is 2.31. The summed E-state index contributed by atoms with van der Waals surface area (Å²) in [5.74, 6) is -1.39. The van der Waals surface area contributed by atoms with Crippen LogP contribution in [0.1, 0.15) is 12.8 Å². The Kier molecular flexibility index (Phi) is 4.06. The summed E-state index contributed by atoms with van der Waals surface area (Å²) in [6.45, 7) is 1.16. The lowest BCUT2D eigenvalue weighted by Crippen LogP contribution is -2.36. The highest BCUT2D eigenvalue weighted by Crippen LogP contribution is 2.27. The molecule has 0 aliphatic carbocycles. The Bertz CT molecular complexity index is 465. The minimum absolute atomic E-state index is 0.262. The van der Waals surface area contributed by atoms with Crippen LogP contribution in [0.5, 0.6) is 5.75 Å². The van der Waals surface area contributed by atoms with Gasteiger partial charge >= 0.3 is 12.3 Å². The molecule has 1 N–H and O–H groups in total. The summed E-state index contributed by atoms with van der Waals surface area (Å²) in [6, 6.07) is 5.60. The number of carboxylic acid groups (broad SMARTS) is 1. The summed E-state index contributed by atoms with van der Waals surface area (Å²) in [4.78, 5) is 12.8. The van der Waals surface area contributed by atoms with Gasteiger partial charge < -0.3 is 14.7 Å². The van der Waals surface area contributed by atoms with Crippen LogP contribution in [0.3, 0.4) is 0 Å². The third-order valence-corrected chi connectivity index (χ3v) is 3.28. The number of rotatable bonds is 3. The smallest absolute Gasteiger partial charge is 0.481 e. The third kappa shape index (κ3) is 3.79. The molecular formula is C13H14F3NO3. The van der Waals surface area contributed by atoms with Crippen LogP contribution in [-0.4, -0.2) is 30.5 Å². The second-order valence-electron chi connectivity index (χ2n) is 4.64. The number of nitrogens with zero attached hydrogens (tertiary/aromatic N) is 1. The highest BCUT2D eigenvalue weighted by molar-refractivity contribution is 5.70. The molecule has 0 bridgehead atoms. The first kappa shape index (κ1) is 14.5. The molecule has 2 rings (SSSR count). The van der Waals surface area contributed by atoms with Gasteiger partial charge in [-0.1, -0.05) is 0 Å². The van der Waals surface area contributed by atoms with Gasteiger partial charge in [-0.05, 0) is 37.1 Å². The molecule has 0 radical (unpaired) electrons. The van der Waals surface area contributed by atoms with Crippen molar-refractivity contribution in [3.05, 3.63) is 24.3 Å². The van der Waals surface area contributed by atoms with Crippen molar-refractivity contribution in [2.45, 2.75) is 19.2 Å². The van der Waals surface area contributed by atoms with Gasteiger partial charge in [-0.2, -0.15) is 0 Å². The molecule has 0 saturated carbocycles. The number of alkyl halides is 3. The predicted molar refractivity (Wildman–Crippen MR) is 65.7 cm³/mol. The van der Waals surface area contributed by atoms with Crippen molar-refractivity contribution in [3.63, 3.8) is 0 Å². The Labute approximate surface area is 113 Å². The van der Waals surface area contributed by atoms with Crippen LogP contribution in [0, 0.1) is 5.92 Å². The van der Waals surface area contributed by atoms with E-state index in [4.69, 9.17) is 5.11 Å². The van der Waals surface area contributed by atoms with Gasteiger partial charge in [0.1, 0.15) is 5.75 Å². The van der Waals surface area contributed by atoms with Crippen LogP contribution < -0.4 is 9.64 Å². The first-order valence-electron chi connectivity index (χ1n) is 6.19. The van der Waals surface area contributed by atoms with E-state index in [0.29, 0.717) is 25.9 Å². The number of carbonyl (C=O) groups is 1. The third-order valence-electron chi connectivity index (χ3n) is 3.28. The quantitative estimate of drug-likeness (QED) is 0.929. The van der Waals surface area contributed by atoms with Crippen LogP contribution in [0.25, 0.3) is 0 Å². The molecule has 0 amide bonds. The van der Waals surface area contributed by atoms with Gasteiger partial charge in [0.05, 0.1) is 5.92 Å². The molecule has 1 aliphatic rings. The van der Waals surface area contributed by atoms with Gasteiger partial charge in [0.15, 0.2) is 0 Å². The van der Waals surface area contributed by atoms with Gasteiger partial charge in [0.25, 0.3) is 0 Å². The van der Waals surface area contributed by atoms with Crippen LogP contribution in [0.4, 0.5) is 18.9 Å². The minimum Gasteiger partial charge on any atom is -0.481 e. The summed E-state index contributed by atoms with van der Waals surface area (Å²) in [5.41, 5.74) is 0.767. The second kappa shape index (κ2) is 5.60. The number of benzene rings is 1. The Morgan fingerprint density at radius 1 is 1.20 bits per heavy atom. The zero-order valence-electron chi connectivity index (χ0n) is 10.6. The van der Waals surface area contributed by atoms with Crippen molar-refractivity contribution >= 4 is 11.7 Å². The van der Waals surface area contributed by atoms with Crippen molar-refractivity contribution in [1.29, 1.82) is 0 Å². The van der Waals surface area contributed by atoms with E-state index in [1.165, 1.54) is 12.1 Å². The van der Waals surface area contributed by atoms with Crippen molar-refractivity contribution in [3.8, 4) is 5.75 Å². The fourth-order valence-corrected chi connectivity index (χ4v) is 2.24. The van der Waals surface area contributed by atoms with E-state index in [-0.39, 0.29) is 11.7 Å². The summed E-state index contributed by atoms with van der Waals surface area (Å²) in [5, 5.41) is 8.90. The minimum atomic E-state index is -4.69. The van der Waals surface area contributed by atoms with Crippen molar-refractivity contribution in [1.82, 2.24) is 0 Å². The average molecular weight is 289 g/mol. The molecule has 1 aromatic carbocycles. The van der Waals surface area contributed by atoms with E-state index < -0.39 is 12.3 Å². The van der Waals surface area contributed by atoms with Crippen LogP contribution in [0.15, 0.2) is 24.3 Å². The molecule has 1 fully saturated rings. The summed E-state index contributed by atoms with van der Waals surface area (Å²) in [6.07, 6.45) is -3.62. The fraction of sp³-hybridized carbons (Fsp3) is 0.462. The number of hydrogen-bond acceptors (Lipinski definition) is 3. The maximum Gasteiger partial charge on any atom is 0.573 e. The molecule has 1 aromatic rings. The number of hydrogen-bond donors (Lipinski definition) is 1. The molecule has 1 heterocycles. The van der Waals surface area contributed by atoms with Crippen molar-refractivity contribution in [2.24, 2.45) is 5.92 Å². The highest BCUT2D eigenvalue weighted by atomic mass is 19.4. The first-order valence-corrected chi connectivity index (χ1v) is 6.19. The summed E-state index contributed by atoms with van der Waals surface area (Å²) in [7, 11) is 0. The summed E-state index contributed by atoms with van der Waals surface area (Å²) < 4.78 is 39.9. The van der Waals surface area contributed by atoms with Crippen LogP contribution in [0.2, 0.25) is 0 Å². The normalized spacial score (nSPS) is 17.1. The van der Waals surface area contributed by atoms with Crippen molar-refractivity contribution in [2.75, 3.05) is 18.0 Å². The Balaban J connectivity index is 1.96. The number of piperidine rings is 1. The van der Waals surface area contributed by atoms with Gasteiger partial charge in [0.2, 0.25) is 0 Å². The lowest BCUT2D eigenvalue weighted by atomic mass is 9.97. The SMILES string of the molecule is O=C(O)C1CCN(c2ccc(OC(F)(F)F)cc2)CC1. The van der Waals surface area contributed by atoms with E-state index in [0.717, 1.165) is 5.69 Å². The van der Waals surface area contributed by atoms with Gasteiger partial charge in [-0.3, -0.25) is 4.79 Å². The molecule has 0 unspecified atom stereocenters. The van der Waals surface area contributed by atoms with E-state index in [2.05, 4.69) is 4.74 Å². The molecule has 0 spiro atoms. The molecule has 0 atom stereocenters. The average Bonchev–Trinajstić information content (AvgIpc) is 2.38. The molecule has 0 aromatic heterocycles. The maximum absolute atomic E-state index is 12.0. The Morgan fingerprint density at radius 2 is 1.75 bits per heavy atom. The Morgan fingerprint density at radius 3 is 2.20 bits per heavy atom. The predicted octanol–water partition coefficient (Wildman–Crippen LogP) is 2.89. The van der Waals surface area contributed by atoms with Gasteiger partial charge in [-0.15, -0.1) is 13.2 Å². The largest absolute Gasteiger partial charge is 0.573 e. The number of ether oxygens (including phenoxy) is 1. The summed E-state index contributed by atoms with van der Waals surface area (Å²) >= 11 is 0. The van der Waals surface area contributed by atoms with E-state index >= 15 is 0 Å².